The third-order valence-corrected chi connectivity index (χ3v) is 5.06. The first kappa shape index (κ1) is 17.8. The second-order valence-electron chi connectivity index (χ2n) is 6.63. The number of fused-ring (bicyclic) bond motifs is 1. The van der Waals surface area contributed by atoms with Gasteiger partial charge in [-0.25, -0.2) is 0 Å². The summed E-state index contributed by atoms with van der Waals surface area (Å²) in [6.45, 7) is 1.14. The molecule has 8 nitrogen and oxygen atoms in total. The van der Waals surface area contributed by atoms with Crippen LogP contribution in [0, 0.1) is 5.41 Å². The van der Waals surface area contributed by atoms with Crippen LogP contribution in [0.2, 0.25) is 0 Å². The van der Waals surface area contributed by atoms with Gasteiger partial charge in [0.2, 0.25) is 0 Å². The minimum Gasteiger partial charge on any atom is -0.396 e. The Labute approximate surface area is 146 Å². The van der Waals surface area contributed by atoms with E-state index in [1.807, 2.05) is 0 Å². The zero-order valence-corrected chi connectivity index (χ0v) is 14.3. The van der Waals surface area contributed by atoms with Gasteiger partial charge in [0.15, 0.2) is 5.65 Å². The number of rotatable bonds is 6. The highest BCUT2D eigenvalue weighted by Crippen LogP contribution is 2.35. The van der Waals surface area contributed by atoms with Crippen molar-refractivity contribution in [3.8, 4) is 0 Å². The number of piperidine rings is 1. The molecule has 1 aliphatic heterocycles. The van der Waals surface area contributed by atoms with E-state index in [4.69, 9.17) is 4.74 Å². The fourth-order valence-electron chi connectivity index (χ4n) is 3.56. The third-order valence-electron chi connectivity index (χ3n) is 5.06. The molecule has 0 aliphatic carbocycles. The lowest BCUT2D eigenvalue weighted by Gasteiger charge is -2.45. The van der Waals surface area contributed by atoms with Crippen LogP contribution in [0.3, 0.4) is 0 Å². The standard InChI is InChI=1S/C17H24N4O4/c1-25-9-3-6-17(11-22)10-20(8-5-14(17)23)16(24)13-4-2-7-21-12-18-19-15(13)21/h2,4,7,12,14,22-23H,3,5-6,8-11H2,1H3/t14-,17+/m1/s1. The maximum absolute atomic E-state index is 13.0. The average Bonchev–Trinajstić information content (AvgIpc) is 3.11. The molecule has 2 N–H and O–H groups in total. The molecule has 1 aliphatic rings. The Kier molecular flexibility index (Phi) is 5.31. The molecule has 1 fully saturated rings. The molecule has 3 rings (SSSR count). The Morgan fingerprint density at radius 2 is 2.36 bits per heavy atom. The smallest absolute Gasteiger partial charge is 0.257 e. The van der Waals surface area contributed by atoms with E-state index in [0.717, 1.165) is 6.42 Å². The van der Waals surface area contributed by atoms with Gasteiger partial charge in [0.25, 0.3) is 5.91 Å². The first-order valence-corrected chi connectivity index (χ1v) is 8.47. The van der Waals surface area contributed by atoms with Gasteiger partial charge >= 0.3 is 0 Å². The lowest BCUT2D eigenvalue weighted by molar-refractivity contribution is -0.0744. The summed E-state index contributed by atoms with van der Waals surface area (Å²) in [5.41, 5.74) is 0.262. The highest BCUT2D eigenvalue weighted by atomic mass is 16.5. The molecule has 25 heavy (non-hydrogen) atoms. The number of methoxy groups -OCH3 is 1. The Morgan fingerprint density at radius 1 is 1.52 bits per heavy atom. The van der Waals surface area contributed by atoms with Crippen molar-refractivity contribution in [2.75, 3.05) is 33.4 Å². The van der Waals surface area contributed by atoms with Crippen molar-refractivity contribution in [2.24, 2.45) is 5.41 Å². The van der Waals surface area contributed by atoms with Crippen LogP contribution >= 0.6 is 0 Å². The van der Waals surface area contributed by atoms with Crippen molar-refractivity contribution in [3.05, 3.63) is 30.2 Å². The van der Waals surface area contributed by atoms with Crippen LogP contribution < -0.4 is 0 Å². The van der Waals surface area contributed by atoms with Crippen LogP contribution in [-0.2, 0) is 4.74 Å². The van der Waals surface area contributed by atoms with Gasteiger partial charge in [0.1, 0.15) is 6.33 Å². The third kappa shape index (κ3) is 3.37. The number of hydrogen-bond donors (Lipinski definition) is 2. The number of aliphatic hydroxyl groups excluding tert-OH is 2. The summed E-state index contributed by atoms with van der Waals surface area (Å²) < 4.78 is 6.78. The topological polar surface area (TPSA) is 100 Å². The predicted octanol–water partition coefficient (Wildman–Crippen LogP) is 0.341. The average molecular weight is 348 g/mol. The van der Waals surface area contributed by atoms with Crippen LogP contribution in [0.4, 0.5) is 0 Å². The molecule has 8 heteroatoms. The highest BCUT2D eigenvalue weighted by molar-refractivity contribution is 5.99. The molecular formula is C17H24N4O4. The number of aliphatic hydroxyl groups is 2. The van der Waals surface area contributed by atoms with Gasteiger partial charge in [-0.2, -0.15) is 0 Å². The number of hydrogen-bond acceptors (Lipinski definition) is 6. The van der Waals surface area contributed by atoms with E-state index in [2.05, 4.69) is 10.2 Å². The molecule has 1 amide bonds. The first-order valence-electron chi connectivity index (χ1n) is 8.47. The van der Waals surface area contributed by atoms with Gasteiger partial charge in [0.05, 0.1) is 18.3 Å². The molecule has 0 saturated carbocycles. The fourth-order valence-corrected chi connectivity index (χ4v) is 3.56. The molecule has 2 aromatic heterocycles. The molecule has 0 spiro atoms. The lowest BCUT2D eigenvalue weighted by atomic mass is 9.74. The Balaban J connectivity index is 1.82. The minimum absolute atomic E-state index is 0.157. The number of ether oxygens (including phenoxy) is 1. The van der Waals surface area contributed by atoms with E-state index >= 15 is 0 Å². The van der Waals surface area contributed by atoms with Gasteiger partial charge in [0, 0.05) is 38.4 Å². The van der Waals surface area contributed by atoms with Gasteiger partial charge in [-0.3, -0.25) is 9.20 Å². The van der Waals surface area contributed by atoms with E-state index in [1.54, 1.807) is 41.1 Å². The minimum atomic E-state index is -0.717. The number of pyridine rings is 1. The first-order chi connectivity index (χ1) is 12.1. The second-order valence-corrected chi connectivity index (χ2v) is 6.63. The fraction of sp³-hybridized carbons (Fsp3) is 0.588. The molecule has 0 bridgehead atoms. The lowest BCUT2D eigenvalue weighted by Crippen LogP contribution is -2.55. The summed E-state index contributed by atoms with van der Waals surface area (Å²) >= 11 is 0. The SMILES string of the molecule is COCCC[C@@]1(CO)CN(C(=O)c2cccn3cnnc23)CC[C@H]1O. The number of aromatic nitrogens is 3. The maximum Gasteiger partial charge on any atom is 0.257 e. The zero-order chi connectivity index (χ0) is 17.9. The predicted molar refractivity (Wildman–Crippen MR) is 90.1 cm³/mol. The molecular weight excluding hydrogens is 324 g/mol. The van der Waals surface area contributed by atoms with Crippen LogP contribution in [0.15, 0.2) is 24.7 Å². The molecule has 0 radical (unpaired) electrons. The maximum atomic E-state index is 13.0. The number of carbonyl (C=O) groups excluding carboxylic acids is 1. The van der Waals surface area contributed by atoms with E-state index in [-0.39, 0.29) is 12.5 Å². The van der Waals surface area contributed by atoms with Gasteiger partial charge in [-0.05, 0) is 31.4 Å². The van der Waals surface area contributed by atoms with Gasteiger partial charge < -0.3 is 19.8 Å². The van der Waals surface area contributed by atoms with Crippen LogP contribution in [0.5, 0.6) is 0 Å². The molecule has 136 valence electrons. The molecule has 3 heterocycles. The van der Waals surface area contributed by atoms with Crippen molar-refractivity contribution in [1.29, 1.82) is 0 Å². The number of nitrogens with zero attached hydrogens (tertiary/aromatic N) is 4. The van der Waals surface area contributed by atoms with Gasteiger partial charge in [-0.15, -0.1) is 10.2 Å². The Bertz CT molecular complexity index is 734. The number of amides is 1. The van der Waals surface area contributed by atoms with E-state index < -0.39 is 11.5 Å². The monoisotopic (exact) mass is 348 g/mol. The van der Waals surface area contributed by atoms with E-state index in [0.29, 0.717) is 43.7 Å². The van der Waals surface area contributed by atoms with Crippen molar-refractivity contribution in [2.45, 2.75) is 25.4 Å². The quantitative estimate of drug-likeness (QED) is 0.730. The van der Waals surface area contributed by atoms with Crippen molar-refractivity contribution in [1.82, 2.24) is 19.5 Å². The van der Waals surface area contributed by atoms with Crippen LogP contribution in [0.1, 0.15) is 29.6 Å². The Morgan fingerprint density at radius 3 is 3.12 bits per heavy atom. The summed E-state index contributed by atoms with van der Waals surface area (Å²) in [6, 6.07) is 3.50. The van der Waals surface area contributed by atoms with Crippen molar-refractivity contribution in [3.63, 3.8) is 0 Å². The van der Waals surface area contributed by atoms with E-state index in [1.165, 1.54) is 0 Å². The molecule has 1 saturated heterocycles. The van der Waals surface area contributed by atoms with Gasteiger partial charge in [-0.1, -0.05) is 0 Å². The Hall–Kier alpha value is -2.03. The van der Waals surface area contributed by atoms with E-state index in [9.17, 15) is 15.0 Å². The number of likely N-dealkylation sites (tertiary alicyclic amines) is 1. The van der Waals surface area contributed by atoms with Crippen molar-refractivity contribution < 1.29 is 19.7 Å². The molecule has 0 aromatic carbocycles. The zero-order valence-electron chi connectivity index (χ0n) is 14.3. The summed E-state index contributed by atoms with van der Waals surface area (Å²) in [5, 5.41) is 28.3. The molecule has 2 atom stereocenters. The molecule has 2 aromatic rings. The highest BCUT2D eigenvalue weighted by Gasteiger charge is 2.43. The van der Waals surface area contributed by atoms with Crippen molar-refractivity contribution >= 4 is 11.6 Å². The second kappa shape index (κ2) is 7.47. The largest absolute Gasteiger partial charge is 0.396 e. The normalized spacial score (nSPS) is 24.0. The summed E-state index contributed by atoms with van der Waals surface area (Å²) in [7, 11) is 1.62. The van der Waals surface area contributed by atoms with Crippen LogP contribution in [-0.4, -0.2) is 75.1 Å². The summed E-state index contributed by atoms with van der Waals surface area (Å²) in [5.74, 6) is -0.157. The van der Waals surface area contributed by atoms with Crippen LogP contribution in [0.25, 0.3) is 5.65 Å². The summed E-state index contributed by atoms with van der Waals surface area (Å²) in [4.78, 5) is 14.7. The number of carbonyl (C=O) groups is 1. The molecule has 0 unspecified atom stereocenters. The summed E-state index contributed by atoms with van der Waals surface area (Å²) in [6.07, 6.45) is 4.45.